The summed E-state index contributed by atoms with van der Waals surface area (Å²) in [5.74, 6) is 0.811. The van der Waals surface area contributed by atoms with Crippen molar-refractivity contribution in [2.24, 2.45) is 0 Å². The molecule has 0 amide bonds. The van der Waals surface area contributed by atoms with Gasteiger partial charge in [-0.15, -0.1) is 6.58 Å². The van der Waals surface area contributed by atoms with Crippen molar-refractivity contribution in [3.63, 3.8) is 0 Å². The first kappa shape index (κ1) is 10.8. The Hall–Kier alpha value is -1.28. The third-order valence-electron chi connectivity index (χ3n) is 2.21. The van der Waals surface area contributed by atoms with Gasteiger partial charge in [0.2, 0.25) is 0 Å². The van der Waals surface area contributed by atoms with Gasteiger partial charge in [-0.3, -0.25) is 0 Å². The Balaban J connectivity index is 2.93. The van der Waals surface area contributed by atoms with Crippen LogP contribution in [0.25, 0.3) is 0 Å². The van der Waals surface area contributed by atoms with Crippen molar-refractivity contribution in [1.82, 2.24) is 0 Å². The summed E-state index contributed by atoms with van der Waals surface area (Å²) in [6, 6.07) is 5.72. The van der Waals surface area contributed by atoms with Crippen LogP contribution in [0.1, 0.15) is 23.7 Å². The van der Waals surface area contributed by atoms with Crippen LogP contribution in [0.4, 0.5) is 0 Å². The number of aryl methyl sites for hydroxylation is 1. The van der Waals surface area contributed by atoms with Crippen LogP contribution in [0.2, 0.25) is 0 Å². The highest BCUT2D eigenvalue weighted by Gasteiger charge is 2.07. The lowest BCUT2D eigenvalue weighted by Crippen LogP contribution is -1.97. The first-order valence-electron chi connectivity index (χ1n) is 4.62. The first-order valence-corrected chi connectivity index (χ1v) is 4.62. The predicted molar refractivity (Wildman–Crippen MR) is 57.5 cm³/mol. The van der Waals surface area contributed by atoms with Crippen molar-refractivity contribution >= 4 is 0 Å². The molecule has 0 aliphatic carbocycles. The smallest absolute Gasteiger partial charge is 0.122 e. The molecule has 1 N–H and O–H groups in total. The van der Waals surface area contributed by atoms with E-state index in [0.29, 0.717) is 6.42 Å². The summed E-state index contributed by atoms with van der Waals surface area (Å²) in [7, 11) is 1.63. The second kappa shape index (κ2) is 4.82. The van der Waals surface area contributed by atoms with Crippen molar-refractivity contribution in [2.45, 2.75) is 19.4 Å². The van der Waals surface area contributed by atoms with Gasteiger partial charge in [0.05, 0.1) is 13.2 Å². The zero-order valence-electron chi connectivity index (χ0n) is 8.66. The SMILES string of the molecule is C=CCC(O)c1ccc(C)c(OC)c1. The Bertz CT molecular complexity index is 318. The molecule has 76 valence electrons. The lowest BCUT2D eigenvalue weighted by atomic mass is 10.0. The number of hydrogen-bond donors (Lipinski definition) is 1. The highest BCUT2D eigenvalue weighted by Crippen LogP contribution is 2.24. The van der Waals surface area contributed by atoms with E-state index < -0.39 is 6.10 Å². The van der Waals surface area contributed by atoms with Gasteiger partial charge in [-0.2, -0.15) is 0 Å². The number of aliphatic hydroxyl groups is 1. The van der Waals surface area contributed by atoms with Gasteiger partial charge in [-0.05, 0) is 30.5 Å². The van der Waals surface area contributed by atoms with Gasteiger partial charge in [0.1, 0.15) is 5.75 Å². The van der Waals surface area contributed by atoms with Crippen molar-refractivity contribution in [2.75, 3.05) is 7.11 Å². The zero-order valence-corrected chi connectivity index (χ0v) is 8.66. The molecule has 1 rings (SSSR count). The summed E-state index contributed by atoms with van der Waals surface area (Å²) >= 11 is 0. The second-order valence-corrected chi connectivity index (χ2v) is 3.27. The molecule has 0 heterocycles. The van der Waals surface area contributed by atoms with Gasteiger partial charge < -0.3 is 9.84 Å². The molecular weight excluding hydrogens is 176 g/mol. The summed E-state index contributed by atoms with van der Waals surface area (Å²) in [5, 5.41) is 9.70. The summed E-state index contributed by atoms with van der Waals surface area (Å²) < 4.78 is 5.18. The van der Waals surface area contributed by atoms with Crippen molar-refractivity contribution in [1.29, 1.82) is 0 Å². The lowest BCUT2D eigenvalue weighted by molar-refractivity contribution is 0.181. The van der Waals surface area contributed by atoms with E-state index in [2.05, 4.69) is 6.58 Å². The maximum absolute atomic E-state index is 9.70. The molecule has 0 aliphatic heterocycles. The molecule has 1 aromatic carbocycles. The number of aliphatic hydroxyl groups excluding tert-OH is 1. The van der Waals surface area contributed by atoms with Crippen LogP contribution in [0.15, 0.2) is 30.9 Å². The number of methoxy groups -OCH3 is 1. The molecular formula is C12H16O2. The van der Waals surface area contributed by atoms with Gasteiger partial charge in [0.15, 0.2) is 0 Å². The van der Waals surface area contributed by atoms with Gasteiger partial charge in [-0.1, -0.05) is 18.2 Å². The molecule has 2 nitrogen and oxygen atoms in total. The van der Waals surface area contributed by atoms with Crippen LogP contribution in [0.3, 0.4) is 0 Å². The molecule has 2 heteroatoms. The molecule has 0 spiro atoms. The number of hydrogen-bond acceptors (Lipinski definition) is 2. The Morgan fingerprint density at radius 2 is 2.29 bits per heavy atom. The van der Waals surface area contributed by atoms with Crippen molar-refractivity contribution in [3.05, 3.63) is 42.0 Å². The van der Waals surface area contributed by atoms with E-state index in [9.17, 15) is 5.11 Å². The van der Waals surface area contributed by atoms with Crippen LogP contribution >= 0.6 is 0 Å². The predicted octanol–water partition coefficient (Wildman–Crippen LogP) is 2.61. The average Bonchev–Trinajstić information content (AvgIpc) is 2.19. The van der Waals surface area contributed by atoms with Gasteiger partial charge in [0, 0.05) is 0 Å². The first-order chi connectivity index (χ1) is 6.69. The maximum Gasteiger partial charge on any atom is 0.122 e. The van der Waals surface area contributed by atoms with Gasteiger partial charge >= 0.3 is 0 Å². The minimum atomic E-state index is -0.484. The summed E-state index contributed by atoms with van der Waals surface area (Å²) in [5.41, 5.74) is 1.94. The third-order valence-corrected chi connectivity index (χ3v) is 2.21. The van der Waals surface area contributed by atoms with Crippen LogP contribution in [-0.2, 0) is 0 Å². The molecule has 0 saturated heterocycles. The fourth-order valence-electron chi connectivity index (χ4n) is 1.34. The quantitative estimate of drug-likeness (QED) is 0.743. The van der Waals surface area contributed by atoms with E-state index in [1.54, 1.807) is 13.2 Å². The van der Waals surface area contributed by atoms with E-state index in [4.69, 9.17) is 4.74 Å². The van der Waals surface area contributed by atoms with Crippen LogP contribution in [-0.4, -0.2) is 12.2 Å². The second-order valence-electron chi connectivity index (χ2n) is 3.27. The maximum atomic E-state index is 9.70. The normalized spacial score (nSPS) is 12.2. The molecule has 1 unspecified atom stereocenters. The van der Waals surface area contributed by atoms with Crippen molar-refractivity contribution < 1.29 is 9.84 Å². The highest BCUT2D eigenvalue weighted by atomic mass is 16.5. The molecule has 0 radical (unpaired) electrons. The lowest BCUT2D eigenvalue weighted by Gasteiger charge is -2.11. The topological polar surface area (TPSA) is 29.5 Å². The van der Waals surface area contributed by atoms with Crippen LogP contribution < -0.4 is 4.74 Å². The fourth-order valence-corrected chi connectivity index (χ4v) is 1.34. The zero-order chi connectivity index (χ0) is 10.6. The molecule has 1 atom stereocenters. The minimum Gasteiger partial charge on any atom is -0.496 e. The monoisotopic (exact) mass is 192 g/mol. The standard InChI is InChI=1S/C12H16O2/c1-4-5-11(13)10-7-6-9(2)12(8-10)14-3/h4,6-8,11,13H,1,5H2,2-3H3. The Morgan fingerprint density at radius 3 is 2.86 bits per heavy atom. The minimum absolute atomic E-state index is 0.484. The third kappa shape index (κ3) is 2.36. The van der Waals surface area contributed by atoms with E-state index >= 15 is 0 Å². The van der Waals surface area contributed by atoms with E-state index in [1.165, 1.54) is 0 Å². The van der Waals surface area contributed by atoms with E-state index in [1.807, 2.05) is 25.1 Å². The van der Waals surface area contributed by atoms with Gasteiger partial charge in [-0.25, -0.2) is 0 Å². The Kier molecular flexibility index (Phi) is 3.72. The number of ether oxygens (including phenoxy) is 1. The molecule has 0 aromatic heterocycles. The highest BCUT2D eigenvalue weighted by molar-refractivity contribution is 5.37. The van der Waals surface area contributed by atoms with E-state index in [0.717, 1.165) is 16.9 Å². The Morgan fingerprint density at radius 1 is 1.57 bits per heavy atom. The summed E-state index contributed by atoms with van der Waals surface area (Å²) in [6.07, 6.45) is 1.78. The molecule has 0 fully saturated rings. The van der Waals surface area contributed by atoms with Gasteiger partial charge in [0.25, 0.3) is 0 Å². The van der Waals surface area contributed by atoms with Crippen molar-refractivity contribution in [3.8, 4) is 5.75 Å². The molecule has 0 bridgehead atoms. The summed E-state index contributed by atoms with van der Waals surface area (Å²) in [6.45, 7) is 5.57. The molecule has 0 aliphatic rings. The fraction of sp³-hybridized carbons (Fsp3) is 0.333. The van der Waals surface area contributed by atoms with Crippen LogP contribution in [0, 0.1) is 6.92 Å². The largest absolute Gasteiger partial charge is 0.496 e. The molecule has 1 aromatic rings. The summed E-state index contributed by atoms with van der Waals surface area (Å²) in [4.78, 5) is 0. The van der Waals surface area contributed by atoms with E-state index in [-0.39, 0.29) is 0 Å². The number of rotatable bonds is 4. The number of benzene rings is 1. The van der Waals surface area contributed by atoms with Crippen LogP contribution in [0.5, 0.6) is 5.75 Å². The molecule has 14 heavy (non-hydrogen) atoms. The Labute approximate surface area is 84.8 Å². The molecule has 0 saturated carbocycles. The average molecular weight is 192 g/mol.